The summed E-state index contributed by atoms with van der Waals surface area (Å²) in [6.07, 6.45) is 12.3. The number of rotatable bonds is 10. The van der Waals surface area contributed by atoms with Gasteiger partial charge in [0.25, 0.3) is 0 Å². The summed E-state index contributed by atoms with van der Waals surface area (Å²) < 4.78 is 0.887. The normalized spacial score (nSPS) is 13.1. The number of hydrogen-bond acceptors (Lipinski definition) is 0. The lowest BCUT2D eigenvalue weighted by Gasteiger charge is -2.08. The largest absolute Gasteiger partial charge is 0.127 e. The minimum Gasteiger partial charge on any atom is -0.127 e. The molecule has 0 aliphatic heterocycles. The molecule has 0 aromatic carbocycles. The van der Waals surface area contributed by atoms with E-state index in [4.69, 9.17) is 11.6 Å². The summed E-state index contributed by atoms with van der Waals surface area (Å²) in [6, 6.07) is 0. The Bertz CT molecular complexity index is 106. The van der Waals surface area contributed by atoms with Gasteiger partial charge in [-0.2, -0.15) is 0 Å². The zero-order valence-electron chi connectivity index (χ0n) is 9.40. The number of halogens is 2. The minimum absolute atomic E-state index is 0.833. The van der Waals surface area contributed by atoms with Crippen LogP contribution in [0.15, 0.2) is 0 Å². The summed E-state index contributed by atoms with van der Waals surface area (Å²) in [7, 11) is 0. The second-order valence-corrected chi connectivity index (χ2v) is 6.12. The first-order valence-corrected chi connectivity index (χ1v) is 7.79. The van der Waals surface area contributed by atoms with E-state index in [1.165, 1.54) is 57.8 Å². The Balaban J connectivity index is 3.06. The van der Waals surface area contributed by atoms with Crippen molar-refractivity contribution >= 4 is 34.2 Å². The van der Waals surface area contributed by atoms with Crippen LogP contribution >= 0.6 is 34.2 Å². The summed E-state index contributed by atoms with van der Waals surface area (Å²) >= 11 is 8.24. The summed E-state index contributed by atoms with van der Waals surface area (Å²) in [4.78, 5) is 0. The smallest absolute Gasteiger partial charge is 0.0223 e. The predicted octanol–water partition coefficient (Wildman–Crippen LogP) is 5.56. The topological polar surface area (TPSA) is 0 Å². The summed E-state index contributed by atoms with van der Waals surface area (Å²) in [6.45, 7) is 2.27. The maximum absolute atomic E-state index is 5.64. The molecule has 0 aromatic heterocycles. The van der Waals surface area contributed by atoms with Gasteiger partial charge in [-0.1, -0.05) is 68.0 Å². The molecule has 0 spiro atoms. The average molecular weight is 331 g/mol. The summed E-state index contributed by atoms with van der Waals surface area (Å²) in [5.41, 5.74) is 0. The van der Waals surface area contributed by atoms with Gasteiger partial charge < -0.3 is 0 Å². The Labute approximate surface area is 108 Å². The van der Waals surface area contributed by atoms with E-state index in [1.807, 2.05) is 0 Å². The molecule has 0 heterocycles. The molecule has 0 bridgehead atoms. The zero-order valence-corrected chi connectivity index (χ0v) is 12.3. The van der Waals surface area contributed by atoms with Crippen LogP contribution in [0.25, 0.3) is 0 Å². The minimum atomic E-state index is 0.833. The molecular weight excluding hydrogens is 306 g/mol. The molecule has 86 valence electrons. The highest BCUT2D eigenvalue weighted by atomic mass is 127. The molecule has 14 heavy (non-hydrogen) atoms. The van der Waals surface area contributed by atoms with E-state index in [0.29, 0.717) is 0 Å². The molecule has 0 saturated carbocycles. The van der Waals surface area contributed by atoms with Crippen molar-refractivity contribution in [3.8, 4) is 0 Å². The molecule has 1 unspecified atom stereocenters. The first-order chi connectivity index (χ1) is 6.81. The molecule has 0 fully saturated rings. The second kappa shape index (κ2) is 12.1. The van der Waals surface area contributed by atoms with Gasteiger partial charge in [-0.3, -0.25) is 0 Å². The van der Waals surface area contributed by atoms with Crippen molar-refractivity contribution in [2.45, 2.75) is 68.6 Å². The van der Waals surface area contributed by atoms with Gasteiger partial charge in [0.05, 0.1) is 0 Å². The average Bonchev–Trinajstić information content (AvgIpc) is 2.18. The third-order valence-corrected chi connectivity index (χ3v) is 4.03. The van der Waals surface area contributed by atoms with Gasteiger partial charge in [0.15, 0.2) is 0 Å². The van der Waals surface area contributed by atoms with E-state index in [9.17, 15) is 0 Å². The fourth-order valence-electron chi connectivity index (χ4n) is 1.57. The quantitative estimate of drug-likeness (QED) is 0.279. The number of alkyl halides is 2. The Morgan fingerprint density at radius 1 is 0.929 bits per heavy atom. The van der Waals surface area contributed by atoms with E-state index in [1.54, 1.807) is 0 Å². The highest BCUT2D eigenvalue weighted by Crippen LogP contribution is 2.18. The lowest BCUT2D eigenvalue weighted by atomic mass is 10.1. The summed E-state index contributed by atoms with van der Waals surface area (Å²) in [5.74, 6) is 0.833. The Kier molecular flexibility index (Phi) is 13.0. The van der Waals surface area contributed by atoms with Gasteiger partial charge in [0, 0.05) is 9.80 Å². The van der Waals surface area contributed by atoms with Gasteiger partial charge in [0.2, 0.25) is 0 Å². The Hall–Kier alpha value is 1.02. The molecule has 2 heteroatoms. The van der Waals surface area contributed by atoms with E-state index >= 15 is 0 Å². The fraction of sp³-hybridized carbons (Fsp3) is 1.00. The van der Waals surface area contributed by atoms with Crippen LogP contribution in [0.3, 0.4) is 0 Å². The molecule has 0 amide bonds. The molecule has 0 radical (unpaired) electrons. The molecule has 0 aliphatic carbocycles. The van der Waals surface area contributed by atoms with Crippen molar-refractivity contribution in [1.29, 1.82) is 0 Å². The van der Waals surface area contributed by atoms with Gasteiger partial charge in [-0.15, -0.1) is 11.6 Å². The molecule has 0 rings (SSSR count). The van der Waals surface area contributed by atoms with Crippen molar-refractivity contribution in [1.82, 2.24) is 0 Å². The highest BCUT2D eigenvalue weighted by molar-refractivity contribution is 14.1. The first-order valence-electron chi connectivity index (χ1n) is 6.01. The van der Waals surface area contributed by atoms with Gasteiger partial charge in [0.1, 0.15) is 0 Å². The lowest BCUT2D eigenvalue weighted by molar-refractivity contribution is 0.581. The SMILES string of the molecule is CCCCCCCC(I)CCCCCl. The van der Waals surface area contributed by atoms with E-state index in [2.05, 4.69) is 29.5 Å². The van der Waals surface area contributed by atoms with Crippen LogP contribution < -0.4 is 0 Å². The van der Waals surface area contributed by atoms with Crippen molar-refractivity contribution in [2.24, 2.45) is 0 Å². The van der Waals surface area contributed by atoms with Crippen LogP contribution in [-0.4, -0.2) is 9.80 Å². The second-order valence-electron chi connectivity index (χ2n) is 3.98. The van der Waals surface area contributed by atoms with Crippen LogP contribution in [-0.2, 0) is 0 Å². The van der Waals surface area contributed by atoms with Gasteiger partial charge in [-0.25, -0.2) is 0 Å². The van der Waals surface area contributed by atoms with Crippen molar-refractivity contribution in [3.05, 3.63) is 0 Å². The predicted molar refractivity (Wildman–Crippen MR) is 75.8 cm³/mol. The molecule has 0 aromatic rings. The maximum Gasteiger partial charge on any atom is 0.0223 e. The third-order valence-electron chi connectivity index (χ3n) is 2.52. The van der Waals surface area contributed by atoms with Crippen LogP contribution in [0.2, 0.25) is 0 Å². The van der Waals surface area contributed by atoms with E-state index in [0.717, 1.165) is 9.80 Å². The number of unbranched alkanes of at least 4 members (excludes halogenated alkanes) is 5. The highest BCUT2D eigenvalue weighted by Gasteiger charge is 2.02. The van der Waals surface area contributed by atoms with Crippen LogP contribution in [0.5, 0.6) is 0 Å². The van der Waals surface area contributed by atoms with Crippen LogP contribution in [0.4, 0.5) is 0 Å². The molecule has 0 aliphatic rings. The van der Waals surface area contributed by atoms with Gasteiger partial charge >= 0.3 is 0 Å². The Morgan fingerprint density at radius 3 is 2.07 bits per heavy atom. The summed E-state index contributed by atoms with van der Waals surface area (Å²) in [5, 5.41) is 0. The lowest BCUT2D eigenvalue weighted by Crippen LogP contribution is -1.97. The third kappa shape index (κ3) is 11.1. The van der Waals surface area contributed by atoms with Crippen molar-refractivity contribution in [2.75, 3.05) is 5.88 Å². The number of hydrogen-bond donors (Lipinski definition) is 0. The van der Waals surface area contributed by atoms with E-state index in [-0.39, 0.29) is 0 Å². The molecular formula is C12H24ClI. The van der Waals surface area contributed by atoms with Crippen LogP contribution in [0.1, 0.15) is 64.7 Å². The maximum atomic E-state index is 5.64. The molecule has 0 nitrogen and oxygen atoms in total. The van der Waals surface area contributed by atoms with Gasteiger partial charge in [-0.05, 0) is 19.3 Å². The monoisotopic (exact) mass is 330 g/mol. The molecule has 1 atom stereocenters. The molecule has 0 saturated heterocycles. The van der Waals surface area contributed by atoms with Crippen LogP contribution in [0, 0.1) is 0 Å². The first kappa shape index (κ1) is 15.0. The van der Waals surface area contributed by atoms with Crippen molar-refractivity contribution in [3.63, 3.8) is 0 Å². The zero-order chi connectivity index (χ0) is 10.6. The van der Waals surface area contributed by atoms with Crippen molar-refractivity contribution < 1.29 is 0 Å². The standard InChI is InChI=1S/C12H24ClI/c1-2-3-4-5-6-9-12(14)10-7-8-11-13/h12H,2-11H2,1H3. The Morgan fingerprint density at radius 2 is 1.50 bits per heavy atom. The fourth-order valence-corrected chi connectivity index (χ4v) is 2.64. The van der Waals surface area contributed by atoms with E-state index < -0.39 is 0 Å². The molecule has 0 N–H and O–H groups in total.